The molecule has 1 N–H and O–H groups in total. The number of carboxylic acids is 1. The summed E-state index contributed by atoms with van der Waals surface area (Å²) in [5.41, 5.74) is 0.661. The summed E-state index contributed by atoms with van der Waals surface area (Å²) in [4.78, 5) is 38.0. The van der Waals surface area contributed by atoms with Crippen molar-refractivity contribution in [2.75, 3.05) is 13.1 Å². The number of ketones is 1. The van der Waals surface area contributed by atoms with Gasteiger partial charge in [0.1, 0.15) is 0 Å². The Morgan fingerprint density at radius 2 is 1.52 bits per heavy atom. The van der Waals surface area contributed by atoms with E-state index in [1.807, 2.05) is 0 Å². The van der Waals surface area contributed by atoms with Crippen molar-refractivity contribution in [1.82, 2.24) is 4.90 Å². The Hall–Kier alpha value is -1.88. The van der Waals surface area contributed by atoms with E-state index in [-0.39, 0.29) is 23.5 Å². The average molecular weight is 364 g/mol. The zero-order chi connectivity index (χ0) is 18.0. The van der Waals surface area contributed by atoms with Crippen molar-refractivity contribution in [2.24, 2.45) is 17.8 Å². The van der Waals surface area contributed by atoms with Crippen LogP contribution in [0.5, 0.6) is 0 Å². The highest BCUT2D eigenvalue weighted by molar-refractivity contribution is 6.30. The highest BCUT2D eigenvalue weighted by Crippen LogP contribution is 2.33. The number of carbonyl (C=O) groups excluding carboxylic acids is 2. The molecule has 1 aromatic carbocycles. The van der Waals surface area contributed by atoms with Gasteiger partial charge in [0.25, 0.3) is 0 Å². The van der Waals surface area contributed by atoms with E-state index >= 15 is 0 Å². The third kappa shape index (κ3) is 4.03. The van der Waals surface area contributed by atoms with Gasteiger partial charge < -0.3 is 10.0 Å². The Labute approximate surface area is 152 Å². The maximum absolute atomic E-state index is 12.6. The maximum atomic E-state index is 12.6. The molecule has 1 aliphatic carbocycles. The van der Waals surface area contributed by atoms with Gasteiger partial charge in [-0.2, -0.15) is 0 Å². The number of amides is 1. The Morgan fingerprint density at radius 1 is 0.920 bits per heavy atom. The van der Waals surface area contributed by atoms with Crippen LogP contribution in [-0.2, 0) is 9.59 Å². The van der Waals surface area contributed by atoms with Gasteiger partial charge in [0.05, 0.1) is 5.92 Å². The van der Waals surface area contributed by atoms with Gasteiger partial charge in [-0.05, 0) is 56.4 Å². The fourth-order valence-corrected chi connectivity index (χ4v) is 4.03. The highest BCUT2D eigenvalue weighted by Gasteiger charge is 2.37. The smallest absolute Gasteiger partial charge is 0.306 e. The molecular formula is C19H22ClNO4. The van der Waals surface area contributed by atoms with Crippen LogP contribution < -0.4 is 0 Å². The summed E-state index contributed by atoms with van der Waals surface area (Å²) in [6, 6.07) is 6.92. The number of aliphatic carboxylic acids is 1. The van der Waals surface area contributed by atoms with Gasteiger partial charge in [0.2, 0.25) is 5.91 Å². The van der Waals surface area contributed by atoms with Gasteiger partial charge in [0, 0.05) is 35.5 Å². The van der Waals surface area contributed by atoms with Crippen molar-refractivity contribution >= 4 is 29.3 Å². The largest absolute Gasteiger partial charge is 0.481 e. The monoisotopic (exact) mass is 363 g/mol. The lowest BCUT2D eigenvalue weighted by atomic mass is 9.88. The summed E-state index contributed by atoms with van der Waals surface area (Å²) in [6.45, 7) is 1.13. The zero-order valence-electron chi connectivity index (χ0n) is 14.0. The molecule has 1 saturated carbocycles. The van der Waals surface area contributed by atoms with Gasteiger partial charge in [-0.1, -0.05) is 11.6 Å². The number of carboxylic acid groups (broad SMARTS) is 1. The number of piperidine rings is 1. The minimum atomic E-state index is -0.803. The molecule has 1 aliphatic heterocycles. The standard InChI is InChI=1S/C19H22ClNO4/c20-16-5-3-12(4-6-16)17(22)13-7-9-21(10-8-13)18(23)14-1-2-15(11-14)19(24)25/h3-6,13-15H,1-2,7-11H2,(H,24,25)/t14-,15+/m0/s1. The first-order valence-electron chi connectivity index (χ1n) is 8.77. The van der Waals surface area contributed by atoms with Crippen molar-refractivity contribution in [1.29, 1.82) is 0 Å². The lowest BCUT2D eigenvalue weighted by molar-refractivity contribution is -0.141. The van der Waals surface area contributed by atoms with Crippen molar-refractivity contribution in [3.63, 3.8) is 0 Å². The van der Waals surface area contributed by atoms with Crippen LogP contribution in [0.25, 0.3) is 0 Å². The molecule has 2 fully saturated rings. The fourth-order valence-electron chi connectivity index (χ4n) is 3.90. The molecule has 1 aromatic rings. The van der Waals surface area contributed by atoms with Crippen LogP contribution in [0, 0.1) is 17.8 Å². The molecule has 134 valence electrons. The number of nitrogens with zero attached hydrogens (tertiary/aromatic N) is 1. The average Bonchev–Trinajstić information content (AvgIpc) is 3.12. The van der Waals surface area contributed by atoms with E-state index in [1.165, 1.54) is 0 Å². The molecule has 5 nitrogen and oxygen atoms in total. The molecule has 2 aliphatic rings. The van der Waals surface area contributed by atoms with Crippen LogP contribution in [-0.4, -0.2) is 40.8 Å². The third-order valence-electron chi connectivity index (χ3n) is 5.44. The zero-order valence-corrected chi connectivity index (χ0v) is 14.7. The minimum absolute atomic E-state index is 0.0566. The number of benzene rings is 1. The molecule has 25 heavy (non-hydrogen) atoms. The lowest BCUT2D eigenvalue weighted by Gasteiger charge is -2.33. The number of hydrogen-bond acceptors (Lipinski definition) is 3. The summed E-state index contributed by atoms with van der Waals surface area (Å²) < 4.78 is 0. The van der Waals surface area contributed by atoms with E-state index in [0.717, 1.165) is 0 Å². The second-order valence-electron chi connectivity index (χ2n) is 7.02. The SMILES string of the molecule is O=C(c1ccc(Cl)cc1)C1CCN(C(=O)[C@H]2CC[C@@H](C(=O)O)C2)CC1. The molecule has 0 unspecified atom stereocenters. The number of carbonyl (C=O) groups is 3. The Kier molecular flexibility index (Phi) is 5.42. The van der Waals surface area contributed by atoms with Crippen LogP contribution in [0.15, 0.2) is 24.3 Å². The van der Waals surface area contributed by atoms with Crippen LogP contribution in [0.3, 0.4) is 0 Å². The van der Waals surface area contributed by atoms with E-state index in [0.29, 0.717) is 55.8 Å². The van der Waals surface area contributed by atoms with Crippen LogP contribution in [0.2, 0.25) is 5.02 Å². The molecule has 3 rings (SSSR count). The molecule has 6 heteroatoms. The molecule has 0 bridgehead atoms. The van der Waals surface area contributed by atoms with Gasteiger partial charge in [-0.3, -0.25) is 14.4 Å². The lowest BCUT2D eigenvalue weighted by Crippen LogP contribution is -2.42. The Bertz CT molecular complexity index is 665. The number of halogens is 1. The van der Waals surface area contributed by atoms with Crippen molar-refractivity contribution in [3.8, 4) is 0 Å². The number of likely N-dealkylation sites (tertiary alicyclic amines) is 1. The van der Waals surface area contributed by atoms with E-state index < -0.39 is 11.9 Å². The molecular weight excluding hydrogens is 342 g/mol. The molecule has 1 saturated heterocycles. The van der Waals surface area contributed by atoms with E-state index in [1.54, 1.807) is 29.2 Å². The second-order valence-corrected chi connectivity index (χ2v) is 7.45. The number of Topliss-reactive ketones (excluding diaryl/α,β-unsaturated/α-hetero) is 1. The number of hydrogen-bond donors (Lipinski definition) is 1. The minimum Gasteiger partial charge on any atom is -0.481 e. The summed E-state index contributed by atoms with van der Waals surface area (Å²) >= 11 is 5.86. The molecule has 0 aromatic heterocycles. The first-order valence-corrected chi connectivity index (χ1v) is 9.15. The number of rotatable bonds is 4. The molecule has 1 amide bonds. The van der Waals surface area contributed by atoms with Crippen molar-refractivity contribution in [3.05, 3.63) is 34.9 Å². The summed E-state index contributed by atoms with van der Waals surface area (Å²) in [5, 5.41) is 9.68. The Balaban J connectivity index is 1.53. The first kappa shape index (κ1) is 17.9. The van der Waals surface area contributed by atoms with Crippen molar-refractivity contribution in [2.45, 2.75) is 32.1 Å². The summed E-state index contributed by atoms with van der Waals surface area (Å²) in [7, 11) is 0. The Morgan fingerprint density at radius 3 is 2.08 bits per heavy atom. The molecule has 0 radical (unpaired) electrons. The topological polar surface area (TPSA) is 74.7 Å². The molecule has 1 heterocycles. The molecule has 0 spiro atoms. The summed E-state index contributed by atoms with van der Waals surface area (Å²) in [6.07, 6.45) is 2.99. The summed E-state index contributed by atoms with van der Waals surface area (Å²) in [5.74, 6) is -1.28. The first-order chi connectivity index (χ1) is 12.0. The molecule has 2 atom stereocenters. The maximum Gasteiger partial charge on any atom is 0.306 e. The van der Waals surface area contributed by atoms with Gasteiger partial charge in [-0.25, -0.2) is 0 Å². The van der Waals surface area contributed by atoms with Gasteiger partial charge >= 0.3 is 5.97 Å². The van der Waals surface area contributed by atoms with Crippen molar-refractivity contribution < 1.29 is 19.5 Å². The predicted octanol–water partition coefficient (Wildman–Crippen LogP) is 3.26. The van der Waals surface area contributed by atoms with Crippen LogP contribution in [0.1, 0.15) is 42.5 Å². The van der Waals surface area contributed by atoms with E-state index in [4.69, 9.17) is 16.7 Å². The van der Waals surface area contributed by atoms with Crippen LogP contribution >= 0.6 is 11.6 Å². The predicted molar refractivity (Wildman–Crippen MR) is 93.6 cm³/mol. The fraction of sp³-hybridized carbons (Fsp3) is 0.526. The highest BCUT2D eigenvalue weighted by atomic mass is 35.5. The van der Waals surface area contributed by atoms with E-state index in [9.17, 15) is 14.4 Å². The normalized spacial score (nSPS) is 24.3. The van der Waals surface area contributed by atoms with E-state index in [2.05, 4.69) is 0 Å². The quantitative estimate of drug-likeness (QED) is 0.833. The third-order valence-corrected chi connectivity index (χ3v) is 5.69. The second kappa shape index (κ2) is 7.56. The van der Waals surface area contributed by atoms with Crippen LogP contribution in [0.4, 0.5) is 0 Å². The van der Waals surface area contributed by atoms with Gasteiger partial charge in [-0.15, -0.1) is 0 Å². The van der Waals surface area contributed by atoms with Gasteiger partial charge in [0.15, 0.2) is 5.78 Å².